The lowest BCUT2D eigenvalue weighted by atomic mass is 10.0. The third-order valence-electron chi connectivity index (χ3n) is 5.55. The summed E-state index contributed by atoms with van der Waals surface area (Å²) in [6.07, 6.45) is 0.773. The molecule has 4 N–H and O–H groups in total. The molecule has 1 aliphatic carbocycles. The average molecular weight is 396 g/mol. The predicted octanol–water partition coefficient (Wildman–Crippen LogP) is 2.04. The molecule has 0 spiro atoms. The number of hydrogen-bond acceptors (Lipinski definition) is 6. The van der Waals surface area contributed by atoms with E-state index in [-0.39, 0.29) is 17.4 Å². The number of pyridine rings is 1. The molecule has 1 aromatic heterocycles. The van der Waals surface area contributed by atoms with Gasteiger partial charge < -0.3 is 30.0 Å². The van der Waals surface area contributed by atoms with Crippen molar-refractivity contribution >= 4 is 10.9 Å². The van der Waals surface area contributed by atoms with Crippen molar-refractivity contribution < 1.29 is 19.7 Å². The molecule has 0 saturated heterocycles. The van der Waals surface area contributed by atoms with Crippen molar-refractivity contribution in [3.63, 3.8) is 0 Å². The SMILES string of the molecule is COc1ccc(OC)c2c1CC(NCC(O)c1ccc(O)c3[nH]c(=O)ccc13)C2. The minimum atomic E-state index is -0.795. The molecule has 4 rings (SSSR count). The highest BCUT2D eigenvalue weighted by atomic mass is 16.5. The zero-order valence-electron chi connectivity index (χ0n) is 16.4. The van der Waals surface area contributed by atoms with Crippen LogP contribution in [-0.2, 0) is 12.8 Å². The van der Waals surface area contributed by atoms with Gasteiger partial charge in [-0.05, 0) is 42.7 Å². The van der Waals surface area contributed by atoms with Gasteiger partial charge in [-0.25, -0.2) is 0 Å². The molecule has 29 heavy (non-hydrogen) atoms. The monoisotopic (exact) mass is 396 g/mol. The Hall–Kier alpha value is -3.03. The average Bonchev–Trinajstić information content (AvgIpc) is 3.16. The van der Waals surface area contributed by atoms with Gasteiger partial charge in [0.25, 0.3) is 0 Å². The molecular weight excluding hydrogens is 372 g/mol. The Labute approximate surface area is 167 Å². The van der Waals surface area contributed by atoms with E-state index in [0.29, 0.717) is 23.0 Å². The number of aliphatic hydroxyl groups excluding tert-OH is 1. The number of aliphatic hydroxyl groups is 1. The van der Waals surface area contributed by atoms with Crippen LogP contribution in [-0.4, -0.2) is 42.0 Å². The van der Waals surface area contributed by atoms with Crippen LogP contribution in [0.15, 0.2) is 41.2 Å². The van der Waals surface area contributed by atoms with Gasteiger partial charge in [0, 0.05) is 35.2 Å². The number of aromatic nitrogens is 1. The number of methoxy groups -OCH3 is 2. The van der Waals surface area contributed by atoms with Gasteiger partial charge in [-0.15, -0.1) is 0 Å². The maximum atomic E-state index is 11.6. The summed E-state index contributed by atoms with van der Waals surface area (Å²) in [6.45, 7) is 0.336. The highest BCUT2D eigenvalue weighted by molar-refractivity contribution is 5.87. The molecule has 3 aromatic rings. The number of benzene rings is 2. The molecule has 2 aromatic carbocycles. The zero-order chi connectivity index (χ0) is 20.5. The third-order valence-corrected chi connectivity index (χ3v) is 5.55. The number of aromatic amines is 1. The van der Waals surface area contributed by atoms with Crippen LogP contribution in [0.5, 0.6) is 17.2 Å². The van der Waals surface area contributed by atoms with E-state index in [1.54, 1.807) is 26.4 Å². The van der Waals surface area contributed by atoms with Gasteiger partial charge in [-0.1, -0.05) is 6.07 Å². The minimum Gasteiger partial charge on any atom is -0.506 e. The maximum absolute atomic E-state index is 11.6. The van der Waals surface area contributed by atoms with Gasteiger partial charge in [-0.3, -0.25) is 4.79 Å². The fraction of sp³-hybridized carbons (Fsp3) is 0.318. The second-order valence-corrected chi connectivity index (χ2v) is 7.24. The molecule has 7 heteroatoms. The number of H-pyrrole nitrogens is 1. The molecule has 1 aliphatic rings. The molecule has 0 bridgehead atoms. The second kappa shape index (κ2) is 7.77. The second-order valence-electron chi connectivity index (χ2n) is 7.24. The molecule has 1 atom stereocenters. The molecule has 152 valence electrons. The van der Waals surface area contributed by atoms with E-state index < -0.39 is 6.10 Å². The number of nitrogens with one attached hydrogen (secondary N) is 2. The molecule has 0 radical (unpaired) electrons. The van der Waals surface area contributed by atoms with E-state index in [0.717, 1.165) is 35.5 Å². The van der Waals surface area contributed by atoms with Crippen LogP contribution in [0.1, 0.15) is 22.8 Å². The van der Waals surface area contributed by atoms with Crippen molar-refractivity contribution in [1.82, 2.24) is 10.3 Å². The van der Waals surface area contributed by atoms with Crippen molar-refractivity contribution in [2.24, 2.45) is 0 Å². The standard InChI is InChI=1S/C22H24N2O5/c1-28-19-6-7-20(29-2)16-10-12(9-15(16)19)23-11-18(26)13-3-5-17(25)22-14(13)4-8-21(27)24-22/h3-8,12,18,23,25-26H,9-11H2,1-2H3,(H,24,27). The third kappa shape index (κ3) is 3.54. The smallest absolute Gasteiger partial charge is 0.248 e. The lowest BCUT2D eigenvalue weighted by molar-refractivity contribution is 0.171. The first-order valence-electron chi connectivity index (χ1n) is 9.51. The van der Waals surface area contributed by atoms with Crippen molar-refractivity contribution in [2.45, 2.75) is 25.0 Å². The Morgan fingerprint density at radius 3 is 2.34 bits per heavy atom. The van der Waals surface area contributed by atoms with Crippen LogP contribution in [0, 0.1) is 0 Å². The summed E-state index contributed by atoms with van der Waals surface area (Å²) >= 11 is 0. The first kappa shape index (κ1) is 19.3. The Morgan fingerprint density at radius 1 is 1.07 bits per heavy atom. The van der Waals surface area contributed by atoms with Crippen LogP contribution >= 0.6 is 0 Å². The van der Waals surface area contributed by atoms with Crippen LogP contribution < -0.4 is 20.3 Å². The Morgan fingerprint density at radius 2 is 1.72 bits per heavy atom. The van der Waals surface area contributed by atoms with Gasteiger partial charge in [0.1, 0.15) is 17.2 Å². The minimum absolute atomic E-state index is 0.0213. The summed E-state index contributed by atoms with van der Waals surface area (Å²) in [7, 11) is 3.32. The van der Waals surface area contributed by atoms with E-state index in [1.165, 1.54) is 12.1 Å². The summed E-state index contributed by atoms with van der Waals surface area (Å²) in [5.74, 6) is 1.67. The van der Waals surface area contributed by atoms with Gasteiger partial charge in [-0.2, -0.15) is 0 Å². The van der Waals surface area contributed by atoms with E-state index in [9.17, 15) is 15.0 Å². The summed E-state index contributed by atoms with van der Waals surface area (Å²) in [5, 5.41) is 24.8. The fourth-order valence-corrected chi connectivity index (χ4v) is 4.13. The number of ether oxygens (including phenoxy) is 2. The normalized spacial score (nSPS) is 14.7. The zero-order valence-corrected chi connectivity index (χ0v) is 16.4. The lowest BCUT2D eigenvalue weighted by Crippen LogP contribution is -2.33. The number of aromatic hydroxyl groups is 1. The van der Waals surface area contributed by atoms with Crippen molar-refractivity contribution in [1.29, 1.82) is 0 Å². The Balaban J connectivity index is 1.51. The highest BCUT2D eigenvalue weighted by Crippen LogP contribution is 2.37. The Kier molecular flexibility index (Phi) is 5.17. The topological polar surface area (TPSA) is 104 Å². The predicted molar refractivity (Wildman–Crippen MR) is 110 cm³/mol. The molecule has 0 aliphatic heterocycles. The number of rotatable bonds is 6. The number of phenols is 1. The van der Waals surface area contributed by atoms with Crippen molar-refractivity contribution in [3.05, 3.63) is 63.4 Å². The van der Waals surface area contributed by atoms with E-state index >= 15 is 0 Å². The molecule has 0 amide bonds. The summed E-state index contributed by atoms with van der Waals surface area (Å²) in [5.41, 5.74) is 2.94. The Bertz CT molecular complexity index is 1080. The van der Waals surface area contributed by atoms with Gasteiger partial charge in [0.05, 0.1) is 25.8 Å². The summed E-state index contributed by atoms with van der Waals surface area (Å²) < 4.78 is 11.0. The maximum Gasteiger partial charge on any atom is 0.248 e. The first-order valence-corrected chi connectivity index (χ1v) is 9.51. The molecule has 1 heterocycles. The van der Waals surface area contributed by atoms with Crippen molar-refractivity contribution in [3.8, 4) is 17.2 Å². The molecule has 7 nitrogen and oxygen atoms in total. The van der Waals surface area contributed by atoms with Gasteiger partial charge in [0.2, 0.25) is 5.56 Å². The van der Waals surface area contributed by atoms with Crippen LogP contribution in [0.2, 0.25) is 0 Å². The fourth-order valence-electron chi connectivity index (χ4n) is 4.13. The summed E-state index contributed by atoms with van der Waals surface area (Å²) in [4.78, 5) is 14.2. The van der Waals surface area contributed by atoms with Gasteiger partial charge in [0.15, 0.2) is 0 Å². The lowest BCUT2D eigenvalue weighted by Gasteiger charge is -2.18. The molecular formula is C22H24N2O5. The molecule has 0 fully saturated rings. The van der Waals surface area contributed by atoms with Crippen LogP contribution in [0.25, 0.3) is 10.9 Å². The van der Waals surface area contributed by atoms with E-state index in [1.807, 2.05) is 12.1 Å². The van der Waals surface area contributed by atoms with Crippen molar-refractivity contribution in [2.75, 3.05) is 20.8 Å². The molecule has 1 unspecified atom stereocenters. The van der Waals surface area contributed by atoms with Gasteiger partial charge >= 0.3 is 0 Å². The number of fused-ring (bicyclic) bond motifs is 2. The highest BCUT2D eigenvalue weighted by Gasteiger charge is 2.28. The largest absolute Gasteiger partial charge is 0.506 e. The molecule has 0 saturated carbocycles. The number of hydrogen-bond donors (Lipinski definition) is 4. The van der Waals surface area contributed by atoms with Crippen LogP contribution in [0.3, 0.4) is 0 Å². The summed E-state index contributed by atoms with van der Waals surface area (Å²) in [6, 6.07) is 10.1. The van der Waals surface area contributed by atoms with E-state index in [2.05, 4.69) is 10.3 Å². The number of phenolic OH excluding ortho intramolecular Hbond substituents is 1. The first-order chi connectivity index (χ1) is 14.0. The quantitative estimate of drug-likeness (QED) is 0.508. The van der Waals surface area contributed by atoms with E-state index in [4.69, 9.17) is 9.47 Å². The van der Waals surface area contributed by atoms with Crippen LogP contribution in [0.4, 0.5) is 0 Å².